The lowest BCUT2D eigenvalue weighted by Crippen LogP contribution is -2.61. The average Bonchev–Trinajstić information content (AvgIpc) is 3.07. The molecule has 0 unspecified atom stereocenters. The smallest absolute Gasteiger partial charge is 0.368 e. The maximum Gasteiger partial charge on any atom is 0.502 e. The highest BCUT2D eigenvalue weighted by molar-refractivity contribution is 6.61. The Kier molecular flexibility index (Phi) is 27.0. The van der Waals surface area contributed by atoms with Gasteiger partial charge >= 0.3 is 8.80 Å². The van der Waals surface area contributed by atoms with E-state index in [1.165, 1.54) is 103 Å². The van der Waals surface area contributed by atoms with Crippen LogP contribution >= 0.6 is 0 Å². The van der Waals surface area contributed by atoms with Gasteiger partial charge in [-0.05, 0) is 64.2 Å². The first-order chi connectivity index (χ1) is 21.7. The molecule has 4 heteroatoms. The van der Waals surface area contributed by atoms with Crippen molar-refractivity contribution < 1.29 is 13.3 Å². The first-order valence-electron chi connectivity index (χ1n) is 20.8. The van der Waals surface area contributed by atoms with Crippen molar-refractivity contribution in [3.05, 3.63) is 0 Å². The van der Waals surface area contributed by atoms with Gasteiger partial charge in [0.15, 0.2) is 0 Å². The summed E-state index contributed by atoms with van der Waals surface area (Å²) < 4.78 is 23.5. The highest BCUT2D eigenvalue weighted by Crippen LogP contribution is 2.44. The maximum absolute atomic E-state index is 7.91. The van der Waals surface area contributed by atoms with Gasteiger partial charge in [0.05, 0.1) is 16.8 Å². The standard InChI is InChI=1S/C41H86O3Si/c1-11-21-26-30-34-39(16-6,17-7)42-45(38-25-15-5,43-40(18-8,19-9)35-31-27-22-12-2)44-41(20-10,36-32-28-23-13-3)37-33-29-24-14-4/h11-38H2,1-10H3. The Balaban J connectivity index is 6.98. The third-order valence-corrected chi connectivity index (χ3v) is 14.3. The van der Waals surface area contributed by atoms with E-state index in [0.29, 0.717) is 0 Å². The molecule has 3 nitrogen and oxygen atoms in total. The van der Waals surface area contributed by atoms with Crippen LogP contribution in [0.3, 0.4) is 0 Å². The SMILES string of the molecule is CCCCCCC(CC)(CC)O[Si](CCCC)(OC(CC)(CC)CCCCCC)OC(CC)(CCCCCC)CCCCCC. The zero-order valence-corrected chi connectivity index (χ0v) is 34.0. The van der Waals surface area contributed by atoms with E-state index >= 15 is 0 Å². The number of rotatable bonds is 34. The molecule has 0 bridgehead atoms. The van der Waals surface area contributed by atoms with E-state index in [-0.39, 0.29) is 16.8 Å². The summed E-state index contributed by atoms with van der Waals surface area (Å²) in [7, 11) is -3.10. The third-order valence-electron chi connectivity index (χ3n) is 11.1. The molecular formula is C41H86O3Si. The second kappa shape index (κ2) is 27.0. The molecule has 0 fully saturated rings. The molecule has 45 heavy (non-hydrogen) atoms. The summed E-state index contributed by atoms with van der Waals surface area (Å²) in [6, 6.07) is 0.961. The second-order valence-electron chi connectivity index (χ2n) is 14.7. The Hall–Kier alpha value is 0.0969. The van der Waals surface area contributed by atoms with Gasteiger partial charge in [-0.25, -0.2) is 0 Å². The van der Waals surface area contributed by atoms with E-state index in [0.717, 1.165) is 76.7 Å². The quantitative estimate of drug-likeness (QED) is 0.0510. The molecule has 0 rings (SSSR count). The van der Waals surface area contributed by atoms with E-state index in [4.69, 9.17) is 13.3 Å². The monoisotopic (exact) mass is 655 g/mol. The van der Waals surface area contributed by atoms with Gasteiger partial charge in [0, 0.05) is 6.04 Å². The lowest BCUT2D eigenvalue weighted by atomic mass is 9.87. The van der Waals surface area contributed by atoms with Crippen molar-refractivity contribution in [2.75, 3.05) is 0 Å². The van der Waals surface area contributed by atoms with Crippen molar-refractivity contribution in [1.29, 1.82) is 0 Å². The topological polar surface area (TPSA) is 27.7 Å². The van der Waals surface area contributed by atoms with Gasteiger partial charge in [-0.3, -0.25) is 0 Å². The van der Waals surface area contributed by atoms with Gasteiger partial charge in [-0.1, -0.05) is 178 Å². The molecule has 0 aliphatic rings. The molecule has 0 aromatic carbocycles. The van der Waals surface area contributed by atoms with Gasteiger partial charge < -0.3 is 13.3 Å². The van der Waals surface area contributed by atoms with Crippen LogP contribution in [0.5, 0.6) is 0 Å². The molecular weight excluding hydrogens is 569 g/mol. The van der Waals surface area contributed by atoms with Crippen LogP contribution in [0.2, 0.25) is 6.04 Å². The predicted octanol–water partition coefficient (Wildman–Crippen LogP) is 14.9. The molecule has 272 valence electrons. The average molecular weight is 655 g/mol. The molecule has 0 saturated carbocycles. The molecule has 0 aliphatic heterocycles. The minimum Gasteiger partial charge on any atom is -0.368 e. The van der Waals surface area contributed by atoms with Crippen LogP contribution in [0.1, 0.15) is 243 Å². The summed E-state index contributed by atoms with van der Waals surface area (Å²) in [4.78, 5) is 0. The van der Waals surface area contributed by atoms with E-state index in [1.807, 2.05) is 0 Å². The summed E-state index contributed by atoms with van der Waals surface area (Å²) in [5.74, 6) is 0. The lowest BCUT2D eigenvalue weighted by Gasteiger charge is -2.50. The zero-order chi connectivity index (χ0) is 33.9. The Bertz CT molecular complexity index is 601. The number of hydrogen-bond acceptors (Lipinski definition) is 3. The van der Waals surface area contributed by atoms with Crippen molar-refractivity contribution in [3.63, 3.8) is 0 Å². The van der Waals surface area contributed by atoms with Crippen molar-refractivity contribution in [2.45, 2.75) is 265 Å². The van der Waals surface area contributed by atoms with Gasteiger partial charge in [0.1, 0.15) is 0 Å². The molecule has 0 saturated heterocycles. The van der Waals surface area contributed by atoms with Gasteiger partial charge in [-0.2, -0.15) is 0 Å². The fourth-order valence-electron chi connectivity index (χ4n) is 7.34. The Labute approximate surface area is 286 Å². The molecule has 0 spiro atoms. The third kappa shape index (κ3) is 17.9. The Morgan fingerprint density at radius 1 is 0.311 bits per heavy atom. The largest absolute Gasteiger partial charge is 0.502 e. The summed E-state index contributed by atoms with van der Waals surface area (Å²) in [6.45, 7) is 23.5. The zero-order valence-electron chi connectivity index (χ0n) is 33.0. The molecule has 0 aromatic heterocycles. The van der Waals surface area contributed by atoms with Crippen molar-refractivity contribution >= 4 is 8.80 Å². The van der Waals surface area contributed by atoms with Crippen LogP contribution in [0.25, 0.3) is 0 Å². The minimum absolute atomic E-state index is 0.147. The molecule has 0 radical (unpaired) electrons. The van der Waals surface area contributed by atoms with Crippen LogP contribution < -0.4 is 0 Å². The number of unbranched alkanes of at least 4 members (excludes halogenated alkanes) is 13. The van der Waals surface area contributed by atoms with Crippen LogP contribution in [-0.2, 0) is 13.3 Å². The van der Waals surface area contributed by atoms with Crippen LogP contribution in [0, 0.1) is 0 Å². The summed E-state index contributed by atoms with van der Waals surface area (Å²) in [5, 5.41) is 0. The fraction of sp³-hybridized carbons (Fsp3) is 1.00. The first kappa shape index (κ1) is 45.1. The van der Waals surface area contributed by atoms with Gasteiger partial charge in [0.2, 0.25) is 0 Å². The summed E-state index contributed by atoms with van der Waals surface area (Å²) in [5.41, 5.74) is -0.466. The molecule has 0 N–H and O–H groups in total. The van der Waals surface area contributed by atoms with E-state index in [9.17, 15) is 0 Å². The highest BCUT2D eigenvalue weighted by Gasteiger charge is 2.55. The van der Waals surface area contributed by atoms with Crippen molar-refractivity contribution in [1.82, 2.24) is 0 Å². The molecule has 0 atom stereocenters. The van der Waals surface area contributed by atoms with Gasteiger partial charge in [0.25, 0.3) is 0 Å². The number of hydrogen-bond donors (Lipinski definition) is 0. The van der Waals surface area contributed by atoms with Crippen LogP contribution in [0.4, 0.5) is 0 Å². The predicted molar refractivity (Wildman–Crippen MR) is 203 cm³/mol. The first-order valence-corrected chi connectivity index (χ1v) is 22.8. The van der Waals surface area contributed by atoms with E-state index in [2.05, 4.69) is 69.2 Å². The van der Waals surface area contributed by atoms with Crippen molar-refractivity contribution in [3.8, 4) is 0 Å². The molecule has 0 amide bonds. The van der Waals surface area contributed by atoms with Crippen molar-refractivity contribution in [2.24, 2.45) is 0 Å². The summed E-state index contributed by atoms with van der Waals surface area (Å²) in [6.07, 6.45) is 32.6. The fourth-order valence-corrected chi connectivity index (χ4v) is 11.7. The highest BCUT2D eigenvalue weighted by atomic mass is 28.4. The van der Waals surface area contributed by atoms with Crippen LogP contribution in [-0.4, -0.2) is 25.6 Å². The molecule has 0 heterocycles. The lowest BCUT2D eigenvalue weighted by molar-refractivity contribution is -0.127. The molecule has 0 aliphatic carbocycles. The van der Waals surface area contributed by atoms with E-state index in [1.54, 1.807) is 0 Å². The minimum atomic E-state index is -3.10. The van der Waals surface area contributed by atoms with Crippen LogP contribution in [0.15, 0.2) is 0 Å². The van der Waals surface area contributed by atoms with E-state index < -0.39 is 8.80 Å². The Morgan fingerprint density at radius 3 is 0.844 bits per heavy atom. The summed E-state index contributed by atoms with van der Waals surface area (Å²) >= 11 is 0. The Morgan fingerprint density at radius 2 is 0.578 bits per heavy atom. The van der Waals surface area contributed by atoms with Gasteiger partial charge in [-0.15, -0.1) is 0 Å². The normalized spacial score (nSPS) is 13.2. The molecule has 0 aromatic rings. The maximum atomic E-state index is 7.91. The second-order valence-corrected chi connectivity index (χ2v) is 17.1.